The van der Waals surface area contributed by atoms with E-state index in [2.05, 4.69) is 4.90 Å². The summed E-state index contributed by atoms with van der Waals surface area (Å²) in [6, 6.07) is 4.56. The van der Waals surface area contributed by atoms with Crippen molar-refractivity contribution in [3.05, 3.63) is 33.9 Å². The summed E-state index contributed by atoms with van der Waals surface area (Å²) in [7, 11) is 0. The number of anilines is 1. The molecule has 5 heteroatoms. The molecule has 0 bridgehead atoms. The molecule has 104 valence electrons. The molecule has 1 fully saturated rings. The van der Waals surface area contributed by atoms with Crippen molar-refractivity contribution in [1.82, 2.24) is 4.90 Å². The molecule has 1 aromatic carbocycles. The Morgan fingerprint density at radius 3 is 2.47 bits per heavy atom. The van der Waals surface area contributed by atoms with Crippen LogP contribution in [0.25, 0.3) is 0 Å². The van der Waals surface area contributed by atoms with Gasteiger partial charge >= 0.3 is 0 Å². The van der Waals surface area contributed by atoms with Crippen LogP contribution in [0.4, 0.5) is 11.4 Å². The average Bonchev–Trinajstić information content (AvgIpc) is 2.35. The highest BCUT2D eigenvalue weighted by Gasteiger charge is 2.27. The standard InChI is InChI=1S/C14H21N3O2/c1-10-7-13(17(18)19)5-6-14(10)16-8-11(2)15(4)12(3)9-16/h5-7,11-12H,8-9H2,1-4H3/t11-,12+/i4D3. The largest absolute Gasteiger partial charge is 0.368 e. The van der Waals surface area contributed by atoms with Crippen LogP contribution in [0, 0.1) is 17.0 Å². The summed E-state index contributed by atoms with van der Waals surface area (Å²) in [4.78, 5) is 14.1. The van der Waals surface area contributed by atoms with Crippen molar-refractivity contribution in [2.75, 3.05) is 25.0 Å². The fourth-order valence-corrected chi connectivity index (χ4v) is 2.63. The second-order valence-corrected chi connectivity index (χ2v) is 5.24. The van der Waals surface area contributed by atoms with Crippen molar-refractivity contribution < 1.29 is 9.04 Å². The third kappa shape index (κ3) is 2.71. The molecule has 1 heterocycles. The fourth-order valence-electron chi connectivity index (χ4n) is 2.63. The Morgan fingerprint density at radius 1 is 1.37 bits per heavy atom. The van der Waals surface area contributed by atoms with Gasteiger partial charge in [-0.1, -0.05) is 0 Å². The Labute approximate surface area is 118 Å². The van der Waals surface area contributed by atoms with Gasteiger partial charge in [0.25, 0.3) is 5.69 Å². The molecule has 0 spiro atoms. The van der Waals surface area contributed by atoms with Crippen LogP contribution in [0.5, 0.6) is 0 Å². The second kappa shape index (κ2) is 5.17. The van der Waals surface area contributed by atoms with Crippen LogP contribution >= 0.6 is 0 Å². The Bertz CT molecular complexity index is 565. The predicted molar refractivity (Wildman–Crippen MR) is 76.7 cm³/mol. The van der Waals surface area contributed by atoms with Crippen LogP contribution in [0.1, 0.15) is 23.5 Å². The highest BCUT2D eigenvalue weighted by Crippen LogP contribution is 2.27. The van der Waals surface area contributed by atoms with Gasteiger partial charge in [0.05, 0.1) is 4.92 Å². The van der Waals surface area contributed by atoms with E-state index >= 15 is 0 Å². The molecule has 0 saturated carbocycles. The summed E-state index contributed by atoms with van der Waals surface area (Å²) in [5.41, 5.74) is 1.83. The first-order valence-corrected chi connectivity index (χ1v) is 6.39. The maximum absolute atomic E-state index is 10.8. The molecule has 1 saturated heterocycles. The highest BCUT2D eigenvalue weighted by atomic mass is 16.6. The zero-order chi connectivity index (χ0) is 16.7. The second-order valence-electron chi connectivity index (χ2n) is 5.24. The first-order chi connectivity index (χ1) is 10.1. The maximum Gasteiger partial charge on any atom is 0.269 e. The Hall–Kier alpha value is -1.62. The first-order valence-electron chi connectivity index (χ1n) is 7.89. The number of piperazine rings is 1. The van der Waals surface area contributed by atoms with Crippen molar-refractivity contribution in [2.24, 2.45) is 0 Å². The van der Waals surface area contributed by atoms with Crippen molar-refractivity contribution >= 4 is 11.4 Å². The van der Waals surface area contributed by atoms with Gasteiger partial charge in [-0.2, -0.15) is 0 Å². The third-order valence-corrected chi connectivity index (χ3v) is 3.65. The number of rotatable bonds is 2. The Kier molecular flexibility index (Phi) is 2.78. The lowest BCUT2D eigenvalue weighted by atomic mass is 10.1. The highest BCUT2D eigenvalue weighted by molar-refractivity contribution is 5.57. The van der Waals surface area contributed by atoms with E-state index in [9.17, 15) is 10.1 Å². The van der Waals surface area contributed by atoms with Crippen LogP contribution in [0.2, 0.25) is 0 Å². The number of nitrogens with zero attached hydrogens (tertiary/aromatic N) is 3. The zero-order valence-corrected chi connectivity index (χ0v) is 11.5. The molecule has 0 aromatic heterocycles. The minimum atomic E-state index is -2.10. The molecule has 0 amide bonds. The molecule has 1 aliphatic rings. The molecular formula is C14H21N3O2. The quantitative estimate of drug-likeness (QED) is 0.609. The molecule has 1 aromatic rings. The molecule has 0 aliphatic carbocycles. The van der Waals surface area contributed by atoms with Gasteiger partial charge in [-0.3, -0.25) is 15.0 Å². The smallest absolute Gasteiger partial charge is 0.269 e. The van der Waals surface area contributed by atoms with E-state index in [0.29, 0.717) is 13.1 Å². The number of nitro groups is 1. The van der Waals surface area contributed by atoms with E-state index in [1.807, 2.05) is 20.8 Å². The third-order valence-electron chi connectivity index (χ3n) is 3.65. The molecule has 0 unspecified atom stereocenters. The van der Waals surface area contributed by atoms with Gasteiger partial charge in [-0.25, -0.2) is 0 Å². The summed E-state index contributed by atoms with van der Waals surface area (Å²) < 4.78 is 22.9. The lowest BCUT2D eigenvalue weighted by Gasteiger charge is -2.44. The van der Waals surface area contributed by atoms with Gasteiger partial charge in [0.1, 0.15) is 0 Å². The van der Waals surface area contributed by atoms with Crippen molar-refractivity contribution in [2.45, 2.75) is 32.9 Å². The summed E-state index contributed by atoms with van der Waals surface area (Å²) >= 11 is 0. The number of hydrogen-bond donors (Lipinski definition) is 0. The van der Waals surface area contributed by atoms with E-state index in [4.69, 9.17) is 4.11 Å². The summed E-state index contributed by atoms with van der Waals surface area (Å²) in [5, 5.41) is 10.8. The van der Waals surface area contributed by atoms with Gasteiger partial charge in [0, 0.05) is 47.1 Å². The molecule has 0 N–H and O–H groups in total. The van der Waals surface area contributed by atoms with E-state index in [1.54, 1.807) is 17.0 Å². The topological polar surface area (TPSA) is 49.6 Å². The molecule has 2 rings (SSSR count). The molecular weight excluding hydrogens is 242 g/mol. The first kappa shape index (κ1) is 10.2. The molecule has 0 radical (unpaired) electrons. The normalized spacial score (nSPS) is 27.5. The van der Waals surface area contributed by atoms with Crippen molar-refractivity contribution in [1.29, 1.82) is 0 Å². The monoisotopic (exact) mass is 266 g/mol. The number of aryl methyl sites for hydroxylation is 1. The number of hydrogen-bond acceptors (Lipinski definition) is 4. The van der Waals surface area contributed by atoms with Crippen molar-refractivity contribution in [3.8, 4) is 0 Å². The average molecular weight is 266 g/mol. The van der Waals surface area contributed by atoms with Gasteiger partial charge in [0.15, 0.2) is 0 Å². The SMILES string of the molecule is [2H]C([2H])([2H])N1[C@H](C)CN(c2ccc([N+](=O)[O-])cc2C)C[C@@H]1C. The molecule has 5 nitrogen and oxygen atoms in total. The number of likely N-dealkylation sites (N-methyl/N-ethyl adjacent to an activating group) is 1. The maximum atomic E-state index is 10.8. The number of non-ortho nitro benzene ring substituents is 1. The van der Waals surface area contributed by atoms with Crippen LogP contribution < -0.4 is 4.90 Å². The predicted octanol–water partition coefficient (Wildman–Crippen LogP) is 2.43. The van der Waals surface area contributed by atoms with E-state index in [0.717, 1.165) is 11.3 Å². The van der Waals surface area contributed by atoms with Crippen LogP contribution in [-0.4, -0.2) is 42.0 Å². The Morgan fingerprint density at radius 2 is 2.00 bits per heavy atom. The number of nitro benzene ring substituents is 1. The summed E-state index contributed by atoms with van der Waals surface area (Å²) in [6.45, 7) is 4.71. The van der Waals surface area contributed by atoms with Gasteiger partial charge in [-0.15, -0.1) is 0 Å². The lowest BCUT2D eigenvalue weighted by molar-refractivity contribution is -0.384. The zero-order valence-electron chi connectivity index (χ0n) is 14.5. The molecule has 1 aliphatic heterocycles. The van der Waals surface area contributed by atoms with Crippen molar-refractivity contribution in [3.63, 3.8) is 0 Å². The van der Waals surface area contributed by atoms with Gasteiger partial charge in [-0.05, 0) is 39.4 Å². The lowest BCUT2D eigenvalue weighted by Crippen LogP contribution is -2.55. The minimum Gasteiger partial charge on any atom is -0.368 e. The fraction of sp³-hybridized carbons (Fsp3) is 0.571. The minimum absolute atomic E-state index is 0.0727. The molecule has 2 atom stereocenters. The number of benzene rings is 1. The van der Waals surface area contributed by atoms with E-state index in [-0.39, 0.29) is 17.8 Å². The van der Waals surface area contributed by atoms with E-state index in [1.165, 1.54) is 6.07 Å². The van der Waals surface area contributed by atoms with Crippen LogP contribution in [-0.2, 0) is 0 Å². The summed E-state index contributed by atoms with van der Waals surface area (Å²) in [6.07, 6.45) is 0. The summed E-state index contributed by atoms with van der Waals surface area (Å²) in [5.74, 6) is 0. The van der Waals surface area contributed by atoms with Gasteiger partial charge < -0.3 is 4.90 Å². The Balaban J connectivity index is 2.24. The molecule has 19 heavy (non-hydrogen) atoms. The van der Waals surface area contributed by atoms with E-state index < -0.39 is 11.9 Å². The van der Waals surface area contributed by atoms with Crippen LogP contribution in [0.3, 0.4) is 0 Å². The van der Waals surface area contributed by atoms with Crippen LogP contribution in [0.15, 0.2) is 18.2 Å². The van der Waals surface area contributed by atoms with Gasteiger partial charge in [0.2, 0.25) is 0 Å².